The van der Waals surface area contributed by atoms with Crippen molar-refractivity contribution in [2.75, 3.05) is 5.32 Å². The summed E-state index contributed by atoms with van der Waals surface area (Å²) < 4.78 is 6.08. The average Bonchev–Trinajstić information content (AvgIpc) is 3.34. The van der Waals surface area contributed by atoms with Gasteiger partial charge in [-0.2, -0.15) is 5.10 Å². The number of rotatable bonds is 5. The summed E-state index contributed by atoms with van der Waals surface area (Å²) in [6, 6.07) is 18.9. The predicted octanol–water partition coefficient (Wildman–Crippen LogP) is 5.97. The maximum Gasteiger partial charge on any atom is 0.343 e. The van der Waals surface area contributed by atoms with Gasteiger partial charge < -0.3 is 15.2 Å². The average molecular weight is 480 g/mol. The summed E-state index contributed by atoms with van der Waals surface area (Å²) in [6.45, 7) is 3.98. The molecule has 0 radical (unpaired) electrons. The smallest absolute Gasteiger partial charge is 0.343 e. The molecule has 2 amide bonds. The number of urea groups is 1. The predicted molar refractivity (Wildman–Crippen MR) is 137 cm³/mol. The second-order valence-electron chi connectivity index (χ2n) is 8.50. The molecule has 0 saturated carbocycles. The normalized spacial score (nSPS) is 14.9. The molecule has 3 heterocycles. The van der Waals surface area contributed by atoms with Gasteiger partial charge >= 0.3 is 6.03 Å². The van der Waals surface area contributed by atoms with Gasteiger partial charge in [0.05, 0.1) is 11.8 Å². The fraction of sp³-hybridized carbons (Fsp3) is 0.143. The maximum atomic E-state index is 13.5. The van der Waals surface area contributed by atoms with Crippen molar-refractivity contribution in [1.82, 2.24) is 15.0 Å². The molecule has 5 rings (SSSR count). The molecule has 180 valence electrons. The molecule has 36 heavy (non-hydrogen) atoms. The molecular weight excluding hydrogens is 454 g/mol. The van der Waals surface area contributed by atoms with Crippen LogP contribution in [0.15, 0.2) is 90.4 Å². The molecular formula is C28H25N5O3. The Morgan fingerprint density at radius 3 is 2.67 bits per heavy atom. The van der Waals surface area contributed by atoms with Crippen molar-refractivity contribution in [3.8, 4) is 17.4 Å². The number of phenolic OH excluding ortho intramolecular Hbond substituents is 1. The number of carbonyl (C=O) groups excluding carboxylic acids is 1. The van der Waals surface area contributed by atoms with Crippen molar-refractivity contribution in [1.29, 1.82) is 0 Å². The summed E-state index contributed by atoms with van der Waals surface area (Å²) in [5.41, 5.74) is 4.61. The Labute approximate surface area is 208 Å². The number of nitrogens with zero attached hydrogens (tertiary/aromatic N) is 4. The molecule has 1 aliphatic heterocycles. The van der Waals surface area contributed by atoms with Crippen LogP contribution >= 0.6 is 0 Å². The molecule has 0 fully saturated rings. The van der Waals surface area contributed by atoms with E-state index in [9.17, 15) is 9.90 Å². The van der Waals surface area contributed by atoms with E-state index < -0.39 is 12.1 Å². The molecule has 2 aromatic carbocycles. The number of phenols is 1. The van der Waals surface area contributed by atoms with Crippen LogP contribution in [0, 0.1) is 13.8 Å². The number of hydrogen-bond donors (Lipinski definition) is 2. The number of pyridine rings is 2. The number of para-hydroxylation sites is 1. The molecule has 2 N–H and O–H groups in total. The standard InChI is InChI=1S/C28H25N5O3/c1-18-8-5-13-26(19(18)2)36-27-22(11-7-15-30-27)31-28(35)33-24(21-10-3-4-12-25(21)34)16-23(32-33)20-9-6-14-29-17-20/h3-15,17,24,34H,16H2,1-2H3,(H,31,35). The number of carbonyl (C=O) groups is 1. The molecule has 0 bridgehead atoms. The van der Waals surface area contributed by atoms with Crippen LogP contribution in [0.5, 0.6) is 17.4 Å². The lowest BCUT2D eigenvalue weighted by molar-refractivity contribution is 0.199. The highest BCUT2D eigenvalue weighted by Crippen LogP contribution is 2.38. The minimum absolute atomic E-state index is 0.100. The third-order valence-electron chi connectivity index (χ3n) is 6.18. The Bertz CT molecular complexity index is 1440. The van der Waals surface area contributed by atoms with Crippen LogP contribution in [0.2, 0.25) is 0 Å². The Morgan fingerprint density at radius 2 is 1.86 bits per heavy atom. The minimum atomic E-state index is -0.499. The van der Waals surface area contributed by atoms with Gasteiger partial charge in [0.15, 0.2) is 0 Å². The minimum Gasteiger partial charge on any atom is -0.508 e. The highest BCUT2D eigenvalue weighted by atomic mass is 16.5. The second kappa shape index (κ2) is 9.87. The number of aromatic nitrogens is 2. The van der Waals surface area contributed by atoms with Crippen molar-refractivity contribution in [3.05, 3.63) is 108 Å². The SMILES string of the molecule is Cc1cccc(Oc2ncccc2NC(=O)N2N=C(c3cccnc3)CC2c2ccccc2O)c1C. The quantitative estimate of drug-likeness (QED) is 0.367. The van der Waals surface area contributed by atoms with Crippen LogP contribution in [-0.2, 0) is 0 Å². The van der Waals surface area contributed by atoms with Crippen molar-refractivity contribution < 1.29 is 14.6 Å². The summed E-state index contributed by atoms with van der Waals surface area (Å²) in [5, 5.41) is 19.4. The Balaban J connectivity index is 1.46. The van der Waals surface area contributed by atoms with E-state index in [2.05, 4.69) is 20.4 Å². The van der Waals surface area contributed by atoms with E-state index in [4.69, 9.17) is 4.74 Å². The fourth-order valence-electron chi connectivity index (χ4n) is 4.10. The highest BCUT2D eigenvalue weighted by Gasteiger charge is 2.35. The zero-order valence-electron chi connectivity index (χ0n) is 19.9. The molecule has 0 saturated heterocycles. The summed E-state index contributed by atoms with van der Waals surface area (Å²) in [7, 11) is 0. The molecule has 1 unspecified atom stereocenters. The van der Waals surface area contributed by atoms with Crippen LogP contribution in [0.4, 0.5) is 10.5 Å². The maximum absolute atomic E-state index is 13.5. The summed E-state index contributed by atoms with van der Waals surface area (Å²) in [6.07, 6.45) is 5.42. The van der Waals surface area contributed by atoms with Gasteiger partial charge in [-0.05, 0) is 55.3 Å². The summed E-state index contributed by atoms with van der Waals surface area (Å²) in [4.78, 5) is 22.1. The van der Waals surface area contributed by atoms with E-state index in [1.54, 1.807) is 48.9 Å². The Hall–Kier alpha value is -4.72. The lowest BCUT2D eigenvalue weighted by Crippen LogP contribution is -2.31. The fourth-order valence-corrected chi connectivity index (χ4v) is 4.10. The zero-order valence-corrected chi connectivity index (χ0v) is 19.9. The number of nitrogens with one attached hydrogen (secondary N) is 1. The third-order valence-corrected chi connectivity index (χ3v) is 6.18. The molecule has 0 spiro atoms. The number of aryl methyl sites for hydroxylation is 1. The molecule has 8 nitrogen and oxygen atoms in total. The van der Waals surface area contributed by atoms with E-state index in [0.717, 1.165) is 16.7 Å². The molecule has 1 aliphatic rings. The first-order valence-electron chi connectivity index (χ1n) is 11.6. The van der Waals surface area contributed by atoms with Gasteiger partial charge in [-0.25, -0.2) is 14.8 Å². The number of benzene rings is 2. The van der Waals surface area contributed by atoms with E-state index in [1.807, 2.05) is 50.2 Å². The Kier molecular flexibility index (Phi) is 6.32. The van der Waals surface area contributed by atoms with E-state index in [0.29, 0.717) is 29.1 Å². The van der Waals surface area contributed by atoms with Gasteiger partial charge in [-0.1, -0.05) is 36.4 Å². The number of amides is 2. The molecule has 2 aromatic heterocycles. The monoisotopic (exact) mass is 479 g/mol. The van der Waals surface area contributed by atoms with Crippen LogP contribution in [0.3, 0.4) is 0 Å². The van der Waals surface area contributed by atoms with Crippen LogP contribution in [0.25, 0.3) is 0 Å². The lowest BCUT2D eigenvalue weighted by Gasteiger charge is -2.23. The van der Waals surface area contributed by atoms with Gasteiger partial charge in [0.1, 0.15) is 17.2 Å². The van der Waals surface area contributed by atoms with Gasteiger partial charge in [0.25, 0.3) is 0 Å². The number of ether oxygens (including phenoxy) is 1. The number of aromatic hydroxyl groups is 1. The van der Waals surface area contributed by atoms with Crippen molar-refractivity contribution in [2.24, 2.45) is 5.10 Å². The number of hydrazone groups is 1. The molecule has 0 aliphatic carbocycles. The number of hydrogen-bond acceptors (Lipinski definition) is 6. The summed E-state index contributed by atoms with van der Waals surface area (Å²) in [5.74, 6) is 1.03. The van der Waals surface area contributed by atoms with Crippen LogP contribution in [0.1, 0.15) is 34.7 Å². The topological polar surface area (TPSA) is 99.9 Å². The van der Waals surface area contributed by atoms with Crippen molar-refractivity contribution >= 4 is 17.4 Å². The molecule has 1 atom stereocenters. The first-order chi connectivity index (χ1) is 17.5. The highest BCUT2D eigenvalue weighted by molar-refractivity contribution is 6.04. The first-order valence-corrected chi connectivity index (χ1v) is 11.6. The van der Waals surface area contributed by atoms with Gasteiger partial charge in [0.2, 0.25) is 5.88 Å². The zero-order chi connectivity index (χ0) is 25.1. The third kappa shape index (κ3) is 4.61. The van der Waals surface area contributed by atoms with Crippen LogP contribution < -0.4 is 10.1 Å². The molecule has 8 heteroatoms. The van der Waals surface area contributed by atoms with E-state index >= 15 is 0 Å². The van der Waals surface area contributed by atoms with Crippen LogP contribution in [-0.4, -0.2) is 31.8 Å². The van der Waals surface area contributed by atoms with Gasteiger partial charge in [-0.3, -0.25) is 4.98 Å². The Morgan fingerprint density at radius 1 is 1.03 bits per heavy atom. The first kappa shape index (κ1) is 23.0. The van der Waals surface area contributed by atoms with E-state index in [1.165, 1.54) is 5.01 Å². The number of anilines is 1. The van der Waals surface area contributed by atoms with Gasteiger partial charge in [-0.15, -0.1) is 0 Å². The second-order valence-corrected chi connectivity index (χ2v) is 8.50. The van der Waals surface area contributed by atoms with Crippen molar-refractivity contribution in [3.63, 3.8) is 0 Å². The van der Waals surface area contributed by atoms with Gasteiger partial charge in [0, 0.05) is 36.1 Å². The molecule has 4 aromatic rings. The largest absolute Gasteiger partial charge is 0.508 e. The summed E-state index contributed by atoms with van der Waals surface area (Å²) >= 11 is 0. The van der Waals surface area contributed by atoms with Crippen molar-refractivity contribution in [2.45, 2.75) is 26.3 Å². The lowest BCUT2D eigenvalue weighted by atomic mass is 9.98. The van der Waals surface area contributed by atoms with E-state index in [-0.39, 0.29) is 11.6 Å².